The van der Waals surface area contributed by atoms with E-state index < -0.39 is 0 Å². The van der Waals surface area contributed by atoms with Gasteiger partial charge in [0.2, 0.25) is 5.91 Å². The number of fused-ring (bicyclic) bond motifs is 1. The maximum Gasteiger partial charge on any atom is 0.328 e. The van der Waals surface area contributed by atoms with E-state index in [0.29, 0.717) is 25.3 Å². The van der Waals surface area contributed by atoms with Gasteiger partial charge in [-0.3, -0.25) is 4.79 Å². The van der Waals surface area contributed by atoms with Crippen LogP contribution in [-0.2, 0) is 27.2 Å². The quantitative estimate of drug-likeness (QED) is 0.795. The van der Waals surface area contributed by atoms with Gasteiger partial charge in [-0.05, 0) is 61.3 Å². The summed E-state index contributed by atoms with van der Waals surface area (Å²) in [5.74, 6) is 1.03. The third-order valence-corrected chi connectivity index (χ3v) is 5.25. The van der Waals surface area contributed by atoms with Crippen LogP contribution in [0.25, 0.3) is 0 Å². The third kappa shape index (κ3) is 3.40. The lowest BCUT2D eigenvalue weighted by molar-refractivity contribution is -0.151. The van der Waals surface area contributed by atoms with Crippen molar-refractivity contribution >= 4 is 11.9 Å². The molecule has 5 nitrogen and oxygen atoms in total. The van der Waals surface area contributed by atoms with Gasteiger partial charge >= 0.3 is 5.97 Å². The van der Waals surface area contributed by atoms with Gasteiger partial charge in [0.1, 0.15) is 11.8 Å². The van der Waals surface area contributed by atoms with Crippen LogP contribution >= 0.6 is 0 Å². The maximum atomic E-state index is 12.7. The minimum atomic E-state index is -0.386. The number of ether oxygens (including phenoxy) is 2. The van der Waals surface area contributed by atoms with Gasteiger partial charge in [-0.25, -0.2) is 4.79 Å². The fourth-order valence-electron chi connectivity index (χ4n) is 3.92. The van der Waals surface area contributed by atoms with Gasteiger partial charge in [-0.15, -0.1) is 0 Å². The molecule has 1 amide bonds. The summed E-state index contributed by atoms with van der Waals surface area (Å²) in [6.45, 7) is 0.666. The van der Waals surface area contributed by atoms with Crippen molar-refractivity contribution in [3.8, 4) is 5.75 Å². The lowest BCUT2D eigenvalue weighted by Crippen LogP contribution is -2.42. The molecule has 1 aliphatic carbocycles. The van der Waals surface area contributed by atoms with E-state index in [1.807, 2.05) is 6.07 Å². The second-order valence-corrected chi connectivity index (χ2v) is 6.72. The number of esters is 1. The largest absolute Gasteiger partial charge is 0.497 e. The summed E-state index contributed by atoms with van der Waals surface area (Å²) in [6, 6.07) is 5.80. The van der Waals surface area contributed by atoms with E-state index in [0.717, 1.165) is 31.4 Å². The summed E-state index contributed by atoms with van der Waals surface area (Å²) in [7, 11) is 3.06. The van der Waals surface area contributed by atoms with Gasteiger partial charge in [-0.2, -0.15) is 0 Å². The van der Waals surface area contributed by atoms with Crippen LogP contribution in [-0.4, -0.2) is 43.6 Å². The lowest BCUT2D eigenvalue weighted by Gasteiger charge is -2.28. The molecule has 1 fully saturated rings. The number of nitrogens with zero attached hydrogens (tertiary/aromatic N) is 1. The Bertz CT molecular complexity index is 628. The minimum absolute atomic E-state index is 0.0878. The van der Waals surface area contributed by atoms with Crippen LogP contribution in [0, 0.1) is 5.92 Å². The summed E-state index contributed by atoms with van der Waals surface area (Å²) >= 11 is 0. The van der Waals surface area contributed by atoms with Crippen molar-refractivity contribution < 1.29 is 19.1 Å². The molecule has 0 bridgehead atoms. The van der Waals surface area contributed by atoms with Gasteiger partial charge in [0.05, 0.1) is 14.2 Å². The van der Waals surface area contributed by atoms with Crippen molar-refractivity contribution in [2.24, 2.45) is 5.92 Å². The SMILES string of the molecule is COC(=O)[C@@H]1CCCN1C(=O)CC1CCc2cc(OC)ccc2C1. The minimum Gasteiger partial charge on any atom is -0.497 e. The van der Waals surface area contributed by atoms with E-state index in [1.54, 1.807) is 12.0 Å². The molecule has 0 saturated carbocycles. The van der Waals surface area contributed by atoms with Crippen molar-refractivity contribution in [3.63, 3.8) is 0 Å². The number of carbonyl (C=O) groups excluding carboxylic acids is 2. The highest BCUT2D eigenvalue weighted by Gasteiger charge is 2.35. The van der Waals surface area contributed by atoms with Crippen LogP contribution in [0.15, 0.2) is 18.2 Å². The smallest absolute Gasteiger partial charge is 0.328 e. The summed E-state index contributed by atoms with van der Waals surface area (Å²) in [6.07, 6.45) is 5.00. The first kappa shape index (κ1) is 16.8. The number of amides is 1. The first-order valence-electron chi connectivity index (χ1n) is 8.65. The van der Waals surface area contributed by atoms with Crippen LogP contribution in [0.4, 0.5) is 0 Å². The number of aryl methyl sites for hydroxylation is 1. The average Bonchev–Trinajstić information content (AvgIpc) is 3.10. The molecule has 3 rings (SSSR count). The molecule has 2 aliphatic rings. The molecule has 0 spiro atoms. The third-order valence-electron chi connectivity index (χ3n) is 5.25. The van der Waals surface area contributed by atoms with Gasteiger partial charge in [0.25, 0.3) is 0 Å². The first-order valence-corrected chi connectivity index (χ1v) is 8.65. The number of hydrogen-bond acceptors (Lipinski definition) is 4. The molecule has 5 heteroatoms. The number of hydrogen-bond donors (Lipinski definition) is 0. The van der Waals surface area contributed by atoms with E-state index in [9.17, 15) is 9.59 Å². The molecule has 0 N–H and O–H groups in total. The number of methoxy groups -OCH3 is 2. The highest BCUT2D eigenvalue weighted by molar-refractivity contribution is 5.85. The lowest BCUT2D eigenvalue weighted by atomic mass is 9.82. The van der Waals surface area contributed by atoms with Crippen molar-refractivity contribution in [3.05, 3.63) is 29.3 Å². The van der Waals surface area contributed by atoms with E-state index in [4.69, 9.17) is 9.47 Å². The fourth-order valence-corrected chi connectivity index (χ4v) is 3.92. The molecule has 24 heavy (non-hydrogen) atoms. The number of carbonyl (C=O) groups is 2. The first-order chi connectivity index (χ1) is 11.6. The normalized spacial score (nSPS) is 22.8. The Labute approximate surface area is 142 Å². The molecule has 1 heterocycles. The van der Waals surface area contributed by atoms with E-state index in [1.165, 1.54) is 18.2 Å². The highest BCUT2D eigenvalue weighted by atomic mass is 16.5. The fraction of sp³-hybridized carbons (Fsp3) is 0.579. The summed E-state index contributed by atoms with van der Waals surface area (Å²) < 4.78 is 10.1. The molecule has 1 aliphatic heterocycles. The Kier molecular flexibility index (Phi) is 5.07. The van der Waals surface area contributed by atoms with E-state index >= 15 is 0 Å². The number of rotatable bonds is 4. The Morgan fingerprint density at radius 1 is 1.21 bits per heavy atom. The highest BCUT2D eigenvalue weighted by Crippen LogP contribution is 2.31. The van der Waals surface area contributed by atoms with Crippen LogP contribution in [0.3, 0.4) is 0 Å². The van der Waals surface area contributed by atoms with Gasteiger partial charge in [0, 0.05) is 13.0 Å². The summed E-state index contributed by atoms with van der Waals surface area (Å²) in [4.78, 5) is 26.2. The Hall–Kier alpha value is -2.04. The Morgan fingerprint density at radius 3 is 2.79 bits per heavy atom. The van der Waals surface area contributed by atoms with Crippen LogP contribution in [0.2, 0.25) is 0 Å². The van der Waals surface area contributed by atoms with Crippen molar-refractivity contribution in [2.45, 2.75) is 44.6 Å². The van der Waals surface area contributed by atoms with Crippen LogP contribution < -0.4 is 4.74 Å². The molecular formula is C19H25NO4. The second-order valence-electron chi connectivity index (χ2n) is 6.72. The van der Waals surface area contributed by atoms with Gasteiger partial charge in [-0.1, -0.05) is 6.07 Å². The predicted molar refractivity (Wildman–Crippen MR) is 89.9 cm³/mol. The number of likely N-dealkylation sites (tertiary alicyclic amines) is 1. The molecule has 0 radical (unpaired) electrons. The van der Waals surface area contributed by atoms with Crippen LogP contribution in [0.5, 0.6) is 5.75 Å². The van der Waals surface area contributed by atoms with Crippen molar-refractivity contribution in [1.82, 2.24) is 4.90 Å². The molecule has 0 aromatic heterocycles. The monoisotopic (exact) mass is 331 g/mol. The second kappa shape index (κ2) is 7.24. The predicted octanol–water partition coefficient (Wildman–Crippen LogP) is 2.35. The maximum absolute atomic E-state index is 12.7. The van der Waals surface area contributed by atoms with E-state index in [2.05, 4.69) is 12.1 Å². The molecule has 1 aromatic carbocycles. The molecule has 1 unspecified atom stereocenters. The van der Waals surface area contributed by atoms with Gasteiger partial charge < -0.3 is 14.4 Å². The van der Waals surface area contributed by atoms with Crippen molar-refractivity contribution in [2.75, 3.05) is 20.8 Å². The molecular weight excluding hydrogens is 306 g/mol. The topological polar surface area (TPSA) is 55.8 Å². The zero-order chi connectivity index (χ0) is 17.1. The molecule has 1 aromatic rings. The zero-order valence-electron chi connectivity index (χ0n) is 14.4. The molecule has 130 valence electrons. The molecule has 1 saturated heterocycles. The van der Waals surface area contributed by atoms with Crippen molar-refractivity contribution in [1.29, 1.82) is 0 Å². The summed E-state index contributed by atoms with van der Waals surface area (Å²) in [5, 5.41) is 0. The number of benzene rings is 1. The average molecular weight is 331 g/mol. The van der Waals surface area contributed by atoms with E-state index in [-0.39, 0.29) is 17.9 Å². The Balaban J connectivity index is 1.62. The standard InChI is InChI=1S/C19H25NO4/c1-23-16-8-7-14-10-13(5-6-15(14)12-16)11-18(21)20-9-3-4-17(20)19(22)24-2/h7-8,12-13,17H,3-6,9-11H2,1-2H3/t13?,17-/m0/s1. The molecule has 2 atom stereocenters. The summed E-state index contributed by atoms with van der Waals surface area (Å²) in [5.41, 5.74) is 2.64. The zero-order valence-corrected chi connectivity index (χ0v) is 14.4. The Morgan fingerprint density at radius 2 is 2.04 bits per heavy atom. The van der Waals surface area contributed by atoms with Gasteiger partial charge in [0.15, 0.2) is 0 Å². The van der Waals surface area contributed by atoms with Crippen LogP contribution in [0.1, 0.15) is 36.8 Å².